The Bertz CT molecular complexity index is 276. The van der Waals surface area contributed by atoms with Crippen molar-refractivity contribution in [1.82, 2.24) is 5.32 Å². The van der Waals surface area contributed by atoms with Crippen LogP contribution in [0, 0.1) is 0 Å². The fraction of sp³-hybridized carbons (Fsp3) is 0.917. The third-order valence-electron chi connectivity index (χ3n) is 3.95. The minimum absolute atomic E-state index is 0.0428. The molecule has 98 valence electrons. The van der Waals surface area contributed by atoms with Crippen molar-refractivity contribution in [3.63, 3.8) is 0 Å². The highest BCUT2D eigenvalue weighted by atomic mass is 32.2. The number of nitrogens with one attached hydrogen (secondary N) is 1. The summed E-state index contributed by atoms with van der Waals surface area (Å²) in [5.41, 5.74) is 5.53. The molecular formula is C12H22N2O2S. The van der Waals surface area contributed by atoms with Crippen LogP contribution in [0.5, 0.6) is 0 Å². The van der Waals surface area contributed by atoms with Crippen LogP contribution in [0.2, 0.25) is 0 Å². The van der Waals surface area contributed by atoms with E-state index in [0.29, 0.717) is 11.3 Å². The van der Waals surface area contributed by atoms with Crippen molar-refractivity contribution < 1.29 is 9.53 Å². The summed E-state index contributed by atoms with van der Waals surface area (Å²) in [7, 11) is 0. The fourth-order valence-electron chi connectivity index (χ4n) is 2.46. The Morgan fingerprint density at radius 2 is 2.29 bits per heavy atom. The standard InChI is InChI=1S/C12H22N2O2S/c1-17-12(5-2-6-12)8-14-11(15)10-4-3-9(7-13)16-10/h9-10H,2-8,13H2,1H3,(H,14,15). The van der Waals surface area contributed by atoms with Gasteiger partial charge in [-0.25, -0.2) is 0 Å². The van der Waals surface area contributed by atoms with Crippen molar-refractivity contribution in [3.8, 4) is 0 Å². The highest BCUT2D eigenvalue weighted by Gasteiger charge is 2.37. The Morgan fingerprint density at radius 1 is 1.53 bits per heavy atom. The van der Waals surface area contributed by atoms with Gasteiger partial charge in [-0.1, -0.05) is 6.42 Å². The smallest absolute Gasteiger partial charge is 0.249 e. The highest BCUT2D eigenvalue weighted by Crippen LogP contribution is 2.42. The average molecular weight is 258 g/mol. The molecule has 4 nitrogen and oxygen atoms in total. The van der Waals surface area contributed by atoms with Crippen molar-refractivity contribution in [2.75, 3.05) is 19.3 Å². The lowest BCUT2D eigenvalue weighted by Gasteiger charge is -2.40. The summed E-state index contributed by atoms with van der Waals surface area (Å²) in [5, 5.41) is 3.04. The second-order valence-electron chi connectivity index (χ2n) is 5.02. The van der Waals surface area contributed by atoms with Gasteiger partial charge in [0.15, 0.2) is 0 Å². The molecule has 0 aromatic heterocycles. The molecule has 2 rings (SSSR count). The molecule has 1 amide bonds. The van der Waals surface area contributed by atoms with E-state index in [4.69, 9.17) is 10.5 Å². The number of amides is 1. The maximum absolute atomic E-state index is 11.9. The zero-order valence-electron chi connectivity index (χ0n) is 10.4. The summed E-state index contributed by atoms with van der Waals surface area (Å²) < 4.78 is 5.87. The second-order valence-corrected chi connectivity index (χ2v) is 6.29. The Hall–Kier alpha value is -0.260. The molecule has 0 aromatic rings. The van der Waals surface area contributed by atoms with E-state index < -0.39 is 0 Å². The predicted molar refractivity (Wildman–Crippen MR) is 70.1 cm³/mol. The molecule has 2 fully saturated rings. The van der Waals surface area contributed by atoms with Gasteiger partial charge in [0.2, 0.25) is 5.91 Å². The molecule has 17 heavy (non-hydrogen) atoms. The van der Waals surface area contributed by atoms with Crippen LogP contribution in [-0.2, 0) is 9.53 Å². The molecule has 0 aromatic carbocycles. The van der Waals surface area contributed by atoms with Gasteiger partial charge in [-0.05, 0) is 31.9 Å². The summed E-state index contributed by atoms with van der Waals surface area (Å²) in [4.78, 5) is 11.9. The van der Waals surface area contributed by atoms with E-state index in [2.05, 4.69) is 11.6 Å². The molecule has 1 aliphatic heterocycles. The summed E-state index contributed by atoms with van der Waals surface area (Å²) in [6, 6.07) is 0. The number of hydrogen-bond donors (Lipinski definition) is 2. The van der Waals surface area contributed by atoms with Gasteiger partial charge in [0.25, 0.3) is 0 Å². The largest absolute Gasteiger partial charge is 0.364 e. The molecule has 0 bridgehead atoms. The van der Waals surface area contributed by atoms with Crippen LogP contribution < -0.4 is 11.1 Å². The number of rotatable bonds is 5. The van der Waals surface area contributed by atoms with Crippen molar-refractivity contribution in [1.29, 1.82) is 0 Å². The van der Waals surface area contributed by atoms with Crippen LogP contribution in [0.1, 0.15) is 32.1 Å². The Balaban J connectivity index is 1.74. The zero-order chi connectivity index (χ0) is 12.3. The molecule has 5 heteroatoms. The van der Waals surface area contributed by atoms with Gasteiger partial charge in [-0.3, -0.25) is 4.79 Å². The molecular weight excluding hydrogens is 236 g/mol. The van der Waals surface area contributed by atoms with Crippen LogP contribution in [0.3, 0.4) is 0 Å². The van der Waals surface area contributed by atoms with Crippen LogP contribution in [0.4, 0.5) is 0 Å². The van der Waals surface area contributed by atoms with Crippen molar-refractivity contribution in [2.24, 2.45) is 5.73 Å². The van der Waals surface area contributed by atoms with Gasteiger partial charge in [-0.15, -0.1) is 0 Å². The molecule has 3 N–H and O–H groups in total. The minimum atomic E-state index is -0.275. The normalized spacial score (nSPS) is 30.9. The number of hydrogen-bond acceptors (Lipinski definition) is 4. The highest BCUT2D eigenvalue weighted by molar-refractivity contribution is 8.00. The maximum Gasteiger partial charge on any atom is 0.249 e. The lowest BCUT2D eigenvalue weighted by molar-refractivity contribution is -0.132. The average Bonchev–Trinajstić information content (AvgIpc) is 2.76. The van der Waals surface area contributed by atoms with Gasteiger partial charge in [-0.2, -0.15) is 11.8 Å². The second kappa shape index (κ2) is 5.59. The molecule has 1 aliphatic carbocycles. The maximum atomic E-state index is 11.9. The molecule has 0 radical (unpaired) electrons. The Morgan fingerprint density at radius 3 is 2.76 bits per heavy atom. The van der Waals surface area contributed by atoms with Gasteiger partial charge in [0.05, 0.1) is 6.10 Å². The van der Waals surface area contributed by atoms with E-state index in [-0.39, 0.29) is 18.1 Å². The number of thioether (sulfide) groups is 1. The third-order valence-corrected chi connectivity index (χ3v) is 5.36. The number of carbonyl (C=O) groups excluding carboxylic acids is 1. The number of carbonyl (C=O) groups is 1. The van der Waals surface area contributed by atoms with Gasteiger partial charge < -0.3 is 15.8 Å². The minimum Gasteiger partial charge on any atom is -0.364 e. The lowest BCUT2D eigenvalue weighted by atomic mass is 9.84. The van der Waals surface area contributed by atoms with Crippen LogP contribution in [-0.4, -0.2) is 42.2 Å². The first-order valence-corrected chi connectivity index (χ1v) is 7.60. The number of nitrogens with two attached hydrogens (primary N) is 1. The molecule has 1 saturated heterocycles. The van der Waals surface area contributed by atoms with E-state index in [9.17, 15) is 4.79 Å². The third kappa shape index (κ3) is 2.95. The summed E-state index contributed by atoms with van der Waals surface area (Å²) >= 11 is 1.87. The van der Waals surface area contributed by atoms with E-state index in [1.54, 1.807) is 0 Å². The predicted octanol–water partition coefficient (Wildman–Crippen LogP) is 0.895. The Kier molecular flexibility index (Phi) is 4.33. The first-order valence-electron chi connectivity index (χ1n) is 6.37. The Labute approximate surface area is 107 Å². The first-order chi connectivity index (χ1) is 8.19. The van der Waals surface area contributed by atoms with Crippen LogP contribution in [0.15, 0.2) is 0 Å². The molecule has 2 unspecified atom stereocenters. The number of ether oxygens (including phenoxy) is 1. The summed E-state index contributed by atoms with van der Waals surface area (Å²) in [6.45, 7) is 1.29. The van der Waals surface area contributed by atoms with Crippen molar-refractivity contribution in [3.05, 3.63) is 0 Å². The van der Waals surface area contributed by atoms with E-state index >= 15 is 0 Å². The topological polar surface area (TPSA) is 64.4 Å². The van der Waals surface area contributed by atoms with Crippen molar-refractivity contribution >= 4 is 17.7 Å². The van der Waals surface area contributed by atoms with Crippen LogP contribution in [0.25, 0.3) is 0 Å². The van der Waals surface area contributed by atoms with Gasteiger partial charge in [0.1, 0.15) is 6.10 Å². The summed E-state index contributed by atoms with van der Waals surface area (Å²) in [6.07, 6.45) is 7.35. The molecule has 1 saturated carbocycles. The molecule has 2 atom stereocenters. The molecule has 0 spiro atoms. The first kappa shape index (κ1) is 13.2. The molecule has 2 aliphatic rings. The monoisotopic (exact) mass is 258 g/mol. The van der Waals surface area contributed by atoms with Gasteiger partial charge >= 0.3 is 0 Å². The van der Waals surface area contributed by atoms with E-state index in [0.717, 1.165) is 19.4 Å². The SMILES string of the molecule is CSC1(CNC(=O)C2CCC(CN)O2)CCC1. The molecule has 1 heterocycles. The van der Waals surface area contributed by atoms with Crippen LogP contribution >= 0.6 is 11.8 Å². The fourth-order valence-corrected chi connectivity index (χ4v) is 3.37. The van der Waals surface area contributed by atoms with Gasteiger partial charge in [0, 0.05) is 17.8 Å². The van der Waals surface area contributed by atoms with E-state index in [1.807, 2.05) is 11.8 Å². The zero-order valence-corrected chi connectivity index (χ0v) is 11.2. The van der Waals surface area contributed by atoms with E-state index in [1.165, 1.54) is 19.3 Å². The van der Waals surface area contributed by atoms with Crippen molar-refractivity contribution in [2.45, 2.75) is 49.1 Å². The lowest BCUT2D eigenvalue weighted by Crippen LogP contribution is -2.47. The summed E-state index contributed by atoms with van der Waals surface area (Å²) in [5.74, 6) is 0.0428. The quantitative estimate of drug-likeness (QED) is 0.769.